The number of rotatable bonds is 3. The molecule has 2 rings (SSSR count). The van der Waals surface area contributed by atoms with Crippen LogP contribution in [0, 0.1) is 26.6 Å². The number of aryl methyl sites for hydroxylation is 3. The predicted molar refractivity (Wildman–Crippen MR) is 81.9 cm³/mol. The summed E-state index contributed by atoms with van der Waals surface area (Å²) in [5, 5.41) is 3.46. The number of halogens is 2. The molecule has 1 heterocycles. The zero-order valence-corrected chi connectivity index (χ0v) is 12.8. The van der Waals surface area contributed by atoms with Crippen molar-refractivity contribution >= 4 is 17.3 Å². The summed E-state index contributed by atoms with van der Waals surface area (Å²) in [6, 6.07) is 6.79. The van der Waals surface area contributed by atoms with E-state index in [-0.39, 0.29) is 11.1 Å². The third-order valence-electron chi connectivity index (χ3n) is 3.32. The van der Waals surface area contributed by atoms with Gasteiger partial charge < -0.3 is 5.32 Å². The van der Waals surface area contributed by atoms with E-state index >= 15 is 0 Å². The molecule has 0 bridgehead atoms. The number of anilines is 1. The molecule has 0 fully saturated rings. The third-order valence-corrected chi connectivity index (χ3v) is 3.61. The number of nitrogens with one attached hydrogen (secondary N) is 1. The van der Waals surface area contributed by atoms with Crippen LogP contribution in [0.25, 0.3) is 0 Å². The fourth-order valence-electron chi connectivity index (χ4n) is 2.60. The molecule has 1 aromatic carbocycles. The molecule has 2 nitrogen and oxygen atoms in total. The highest BCUT2D eigenvalue weighted by molar-refractivity contribution is 6.31. The van der Waals surface area contributed by atoms with Gasteiger partial charge in [0.15, 0.2) is 0 Å². The molecule has 0 aliphatic rings. The van der Waals surface area contributed by atoms with Gasteiger partial charge in [-0.1, -0.05) is 11.6 Å². The van der Waals surface area contributed by atoms with E-state index in [1.807, 2.05) is 13.8 Å². The van der Waals surface area contributed by atoms with E-state index in [4.69, 9.17) is 11.6 Å². The normalized spacial score (nSPS) is 12.3. The Morgan fingerprint density at radius 1 is 1.20 bits per heavy atom. The molecule has 106 valence electrons. The van der Waals surface area contributed by atoms with Gasteiger partial charge in [0, 0.05) is 17.1 Å². The number of pyridine rings is 1. The van der Waals surface area contributed by atoms with Crippen molar-refractivity contribution in [3.63, 3.8) is 0 Å². The number of aromatic nitrogens is 1. The van der Waals surface area contributed by atoms with Gasteiger partial charge in [-0.3, -0.25) is 4.98 Å². The monoisotopic (exact) mass is 292 g/mol. The van der Waals surface area contributed by atoms with Crippen molar-refractivity contribution in [2.45, 2.75) is 33.7 Å². The fraction of sp³-hybridized carbons (Fsp3) is 0.312. The van der Waals surface area contributed by atoms with E-state index < -0.39 is 5.82 Å². The molecule has 0 radical (unpaired) electrons. The molecule has 0 saturated heterocycles. The first-order valence-corrected chi connectivity index (χ1v) is 6.92. The SMILES string of the molecule is Cc1cc(C)c(C(C)Nc2ccc(F)c(Cl)c2)c(C)n1. The van der Waals surface area contributed by atoms with E-state index in [9.17, 15) is 4.39 Å². The van der Waals surface area contributed by atoms with Crippen LogP contribution < -0.4 is 5.32 Å². The Labute approximate surface area is 124 Å². The van der Waals surface area contributed by atoms with Crippen molar-refractivity contribution in [3.8, 4) is 0 Å². The Balaban J connectivity index is 2.28. The van der Waals surface area contributed by atoms with Crippen LogP contribution in [0.3, 0.4) is 0 Å². The predicted octanol–water partition coefficient (Wildman–Crippen LogP) is 4.97. The van der Waals surface area contributed by atoms with Gasteiger partial charge in [-0.05, 0) is 63.1 Å². The molecule has 1 unspecified atom stereocenters. The third kappa shape index (κ3) is 3.10. The largest absolute Gasteiger partial charge is 0.378 e. The molecule has 20 heavy (non-hydrogen) atoms. The molecule has 1 aromatic heterocycles. The van der Waals surface area contributed by atoms with Gasteiger partial charge in [0.25, 0.3) is 0 Å². The summed E-state index contributed by atoms with van der Waals surface area (Å²) in [5.41, 5.74) is 5.18. The quantitative estimate of drug-likeness (QED) is 0.863. The Hall–Kier alpha value is -1.61. The molecule has 1 atom stereocenters. The second-order valence-electron chi connectivity index (χ2n) is 5.07. The van der Waals surface area contributed by atoms with Crippen LogP contribution in [0.1, 0.15) is 35.5 Å². The topological polar surface area (TPSA) is 24.9 Å². The highest BCUT2D eigenvalue weighted by Crippen LogP contribution is 2.27. The fourth-order valence-corrected chi connectivity index (χ4v) is 2.78. The lowest BCUT2D eigenvalue weighted by molar-refractivity contribution is 0.628. The zero-order chi connectivity index (χ0) is 14.9. The molecule has 0 amide bonds. The maximum absolute atomic E-state index is 13.2. The highest BCUT2D eigenvalue weighted by Gasteiger charge is 2.13. The van der Waals surface area contributed by atoms with E-state index in [0.29, 0.717) is 0 Å². The average Bonchev–Trinajstić information content (AvgIpc) is 2.32. The minimum atomic E-state index is -0.408. The van der Waals surface area contributed by atoms with E-state index in [0.717, 1.165) is 22.6 Å². The Kier molecular flexibility index (Phi) is 4.29. The minimum Gasteiger partial charge on any atom is -0.378 e. The van der Waals surface area contributed by atoms with Gasteiger partial charge in [-0.15, -0.1) is 0 Å². The zero-order valence-electron chi connectivity index (χ0n) is 12.1. The van der Waals surface area contributed by atoms with E-state index in [1.165, 1.54) is 11.6 Å². The summed E-state index contributed by atoms with van der Waals surface area (Å²) >= 11 is 5.80. The summed E-state index contributed by atoms with van der Waals surface area (Å²) in [6.45, 7) is 8.13. The van der Waals surface area contributed by atoms with Crippen molar-refractivity contribution in [1.29, 1.82) is 0 Å². The number of nitrogens with zero attached hydrogens (tertiary/aromatic N) is 1. The molecule has 0 saturated carbocycles. The first-order valence-electron chi connectivity index (χ1n) is 6.55. The van der Waals surface area contributed by atoms with Crippen molar-refractivity contribution < 1.29 is 4.39 Å². The summed E-state index contributed by atoms with van der Waals surface area (Å²) in [5.74, 6) is -0.408. The molecule has 4 heteroatoms. The Morgan fingerprint density at radius 2 is 1.90 bits per heavy atom. The lowest BCUT2D eigenvalue weighted by Gasteiger charge is -2.20. The summed E-state index contributed by atoms with van der Waals surface area (Å²) in [7, 11) is 0. The Bertz CT molecular complexity index is 617. The van der Waals surface area contributed by atoms with Crippen molar-refractivity contribution in [2.24, 2.45) is 0 Å². The molecule has 2 aromatic rings. The average molecular weight is 293 g/mol. The molecule has 0 aliphatic carbocycles. The van der Waals surface area contributed by atoms with Gasteiger partial charge in [0.2, 0.25) is 0 Å². The minimum absolute atomic E-state index is 0.0737. The summed E-state index contributed by atoms with van der Waals surface area (Å²) in [6.07, 6.45) is 0. The number of hydrogen-bond donors (Lipinski definition) is 1. The molecule has 0 spiro atoms. The number of hydrogen-bond acceptors (Lipinski definition) is 2. The first-order chi connectivity index (χ1) is 9.38. The van der Waals surface area contributed by atoms with Gasteiger partial charge >= 0.3 is 0 Å². The van der Waals surface area contributed by atoms with Crippen LogP contribution in [-0.4, -0.2) is 4.98 Å². The van der Waals surface area contributed by atoms with E-state index in [2.05, 4.69) is 30.2 Å². The highest BCUT2D eigenvalue weighted by atomic mass is 35.5. The Morgan fingerprint density at radius 3 is 2.50 bits per heavy atom. The van der Waals surface area contributed by atoms with Crippen molar-refractivity contribution in [1.82, 2.24) is 4.98 Å². The van der Waals surface area contributed by atoms with Gasteiger partial charge in [0.1, 0.15) is 5.82 Å². The van der Waals surface area contributed by atoms with Gasteiger partial charge in [0.05, 0.1) is 11.1 Å². The maximum atomic E-state index is 13.2. The first kappa shape index (κ1) is 14.8. The lowest BCUT2D eigenvalue weighted by atomic mass is 10.00. The van der Waals surface area contributed by atoms with Crippen LogP contribution in [0.2, 0.25) is 5.02 Å². The number of benzene rings is 1. The van der Waals surface area contributed by atoms with Gasteiger partial charge in [-0.25, -0.2) is 4.39 Å². The smallest absolute Gasteiger partial charge is 0.141 e. The summed E-state index contributed by atoms with van der Waals surface area (Å²) in [4.78, 5) is 4.50. The molecule has 1 N–H and O–H groups in total. The van der Waals surface area contributed by atoms with Crippen LogP contribution in [0.15, 0.2) is 24.3 Å². The molecule has 0 aliphatic heterocycles. The standard InChI is InChI=1S/C16H18ClFN2/c1-9-7-10(2)19-11(3)16(9)12(4)20-13-5-6-15(18)14(17)8-13/h5-8,12,20H,1-4H3. The molecular formula is C16H18ClFN2. The van der Waals surface area contributed by atoms with Crippen molar-refractivity contribution in [2.75, 3.05) is 5.32 Å². The van der Waals surface area contributed by atoms with Crippen LogP contribution in [0.4, 0.5) is 10.1 Å². The maximum Gasteiger partial charge on any atom is 0.141 e. The van der Waals surface area contributed by atoms with Gasteiger partial charge in [-0.2, -0.15) is 0 Å². The van der Waals surface area contributed by atoms with Crippen LogP contribution in [0.5, 0.6) is 0 Å². The second-order valence-corrected chi connectivity index (χ2v) is 5.48. The van der Waals surface area contributed by atoms with E-state index in [1.54, 1.807) is 12.1 Å². The van der Waals surface area contributed by atoms with Crippen LogP contribution in [-0.2, 0) is 0 Å². The second kappa shape index (κ2) is 5.80. The van der Waals surface area contributed by atoms with Crippen molar-refractivity contribution in [3.05, 3.63) is 57.6 Å². The summed E-state index contributed by atoms with van der Waals surface area (Å²) < 4.78 is 13.2. The molecular weight excluding hydrogens is 275 g/mol. The van der Waals surface area contributed by atoms with Crippen LogP contribution >= 0.6 is 11.6 Å². The lowest BCUT2D eigenvalue weighted by Crippen LogP contribution is -2.11.